The van der Waals surface area contributed by atoms with Gasteiger partial charge >= 0.3 is 5.97 Å². The molecular formula is C48H60FN4O8PS. The molecule has 4 heterocycles. The molecule has 4 fully saturated rings. The fraction of sp³-hybridized carbons (Fsp3) is 0.562. The van der Waals surface area contributed by atoms with Gasteiger partial charge in [0.1, 0.15) is 35.2 Å². The second-order valence-corrected chi connectivity index (χ2v) is 21.9. The lowest BCUT2D eigenvalue weighted by Crippen LogP contribution is -2.45. The number of amides is 1. The van der Waals surface area contributed by atoms with E-state index in [9.17, 15) is 28.2 Å². The maximum absolute atomic E-state index is 15.0. The number of anilines is 1. The van der Waals surface area contributed by atoms with Gasteiger partial charge in [0.05, 0.1) is 48.6 Å². The molecular weight excluding hydrogens is 843 g/mol. The smallest absolute Gasteiger partial charge is 0.306 e. The third-order valence-electron chi connectivity index (χ3n) is 13.6. The number of rotatable bonds is 12. The number of nitrogens with zero attached hydrogens (tertiary/aromatic N) is 3. The third kappa shape index (κ3) is 10.3. The summed E-state index contributed by atoms with van der Waals surface area (Å²) in [7, 11) is -2.56. The zero-order chi connectivity index (χ0) is 44.3. The highest BCUT2D eigenvalue weighted by Crippen LogP contribution is 2.75. The van der Waals surface area contributed by atoms with Crippen LogP contribution in [-0.4, -0.2) is 80.5 Å². The van der Waals surface area contributed by atoms with E-state index in [4.69, 9.17) is 24.2 Å². The van der Waals surface area contributed by atoms with Crippen molar-refractivity contribution in [1.29, 1.82) is 0 Å². The van der Waals surface area contributed by atoms with Crippen LogP contribution in [0.15, 0.2) is 53.9 Å². The number of esters is 1. The Kier molecular flexibility index (Phi) is 13.9. The second-order valence-electron chi connectivity index (χ2n) is 18.4. The lowest BCUT2D eigenvalue weighted by molar-refractivity contribution is -0.154. The molecule has 2 saturated heterocycles. The first-order chi connectivity index (χ1) is 30.3. The molecule has 1 amide bonds. The summed E-state index contributed by atoms with van der Waals surface area (Å²) in [4.78, 5) is 66.6. The molecule has 8 rings (SSSR count). The number of carbonyl (C=O) groups excluding carboxylic acids is 3. The molecule has 63 heavy (non-hydrogen) atoms. The molecule has 0 bridgehead atoms. The molecule has 12 nitrogen and oxygen atoms in total. The predicted octanol–water partition coefficient (Wildman–Crippen LogP) is 10.1. The number of pyridine rings is 1. The second kappa shape index (κ2) is 19.4. The molecule has 338 valence electrons. The average Bonchev–Trinajstić information content (AvgIpc) is 3.66. The predicted molar refractivity (Wildman–Crippen MR) is 242 cm³/mol. The Morgan fingerprint density at radius 2 is 1.73 bits per heavy atom. The molecule has 0 radical (unpaired) electrons. The standard InChI is InChI=1S/C48H60FN4O8PS/c1-30(2)50-47-52-41(29-63-47)40-24-44(37-20-19-35(59-3)22-39(37)51-40)60-36-23-42-43(54)26-48(62(57,58)28-32-14-9-12-18-38(32)49)25-33(48)15-8-6-4-5-7-13-31(46(56)53(42)27-36)21-45(55)61-34-16-10-11-17-34/h9,12,14,18-20,22,24,29-31,33-34,36,42H,4-8,10-11,13,15-17,21,23,25-28H2,1-3H3,(H,50,52)(H,57,58)/t31-,33-,36-,42+,48-/m1/s1. The number of ether oxygens (including phenoxy) is 3. The minimum absolute atomic E-state index is 0.0698. The molecule has 1 unspecified atom stereocenters. The van der Waals surface area contributed by atoms with E-state index in [1.807, 2.05) is 43.5 Å². The number of hydrogen-bond acceptors (Lipinski definition) is 11. The number of aromatic nitrogens is 2. The number of ketones is 1. The summed E-state index contributed by atoms with van der Waals surface area (Å²) >= 11 is 1.47. The van der Waals surface area contributed by atoms with Gasteiger partial charge < -0.3 is 29.3 Å². The van der Waals surface area contributed by atoms with Crippen LogP contribution in [0.1, 0.15) is 116 Å². The minimum Gasteiger partial charge on any atom is -0.497 e. The minimum atomic E-state index is -4.15. The highest BCUT2D eigenvalue weighted by Gasteiger charge is 2.65. The van der Waals surface area contributed by atoms with E-state index in [2.05, 4.69) is 5.32 Å². The van der Waals surface area contributed by atoms with Gasteiger partial charge in [-0.1, -0.05) is 50.3 Å². The molecule has 4 aromatic rings. The van der Waals surface area contributed by atoms with Crippen molar-refractivity contribution in [2.75, 3.05) is 19.0 Å². The molecule has 0 spiro atoms. The van der Waals surface area contributed by atoms with Crippen molar-refractivity contribution in [3.05, 3.63) is 65.3 Å². The highest BCUT2D eigenvalue weighted by molar-refractivity contribution is 7.59. The van der Waals surface area contributed by atoms with Gasteiger partial charge in [0.2, 0.25) is 13.3 Å². The number of Topliss-reactive ketones (excluding diaryl/α,β-unsaturated/α-hetero) is 1. The molecule has 4 aliphatic rings. The third-order valence-corrected chi connectivity index (χ3v) is 17.2. The van der Waals surface area contributed by atoms with Crippen LogP contribution < -0.4 is 14.8 Å². The molecule has 2 N–H and O–H groups in total. The lowest BCUT2D eigenvalue weighted by Gasteiger charge is -2.30. The van der Waals surface area contributed by atoms with E-state index in [0.29, 0.717) is 53.1 Å². The zero-order valence-electron chi connectivity index (χ0n) is 36.6. The van der Waals surface area contributed by atoms with Crippen LogP contribution in [0.5, 0.6) is 11.5 Å². The van der Waals surface area contributed by atoms with Crippen molar-refractivity contribution >= 4 is 52.4 Å². The molecule has 2 aliphatic heterocycles. The lowest BCUT2D eigenvalue weighted by atomic mass is 9.94. The summed E-state index contributed by atoms with van der Waals surface area (Å²) in [5.41, 5.74) is 2.00. The number of hydrogen-bond donors (Lipinski definition) is 2. The van der Waals surface area contributed by atoms with Crippen LogP contribution in [-0.2, 0) is 29.8 Å². The normalized spacial score (nSPS) is 25.8. The number of fused-ring (bicyclic) bond motifs is 3. The van der Waals surface area contributed by atoms with Gasteiger partial charge in [0.15, 0.2) is 10.9 Å². The van der Waals surface area contributed by atoms with E-state index < -0.39 is 42.4 Å². The number of thiazole rings is 1. The quantitative estimate of drug-likeness (QED) is 0.103. The maximum Gasteiger partial charge on any atom is 0.306 e. The number of methoxy groups -OCH3 is 1. The van der Waals surface area contributed by atoms with Crippen molar-refractivity contribution in [2.45, 2.75) is 146 Å². The first-order valence-corrected chi connectivity index (χ1v) is 25.5. The van der Waals surface area contributed by atoms with Crippen LogP contribution in [0.3, 0.4) is 0 Å². The topological polar surface area (TPSA) is 157 Å². The van der Waals surface area contributed by atoms with Crippen LogP contribution in [0.2, 0.25) is 0 Å². The van der Waals surface area contributed by atoms with Crippen LogP contribution in [0.4, 0.5) is 9.52 Å². The summed E-state index contributed by atoms with van der Waals surface area (Å²) in [5, 5.41) is 5.51. The molecule has 2 aliphatic carbocycles. The summed E-state index contributed by atoms with van der Waals surface area (Å²) in [6.07, 6.45) is 8.16. The SMILES string of the molecule is COc1ccc2c(O[C@@H]3C[C@H]4C(=O)C[C@]5(P(=O)(O)Cc6ccccc6F)C[C@H]5CCCCCCC[C@H](CC(=O)OC5CCCC5)C(=O)N4C3)cc(-c3csc(NC(C)C)n3)nc2c1. The Balaban J connectivity index is 1.13. The van der Waals surface area contributed by atoms with E-state index in [0.717, 1.165) is 62.9 Å². The Morgan fingerprint density at radius 1 is 0.984 bits per heavy atom. The van der Waals surface area contributed by atoms with E-state index >= 15 is 0 Å². The highest BCUT2D eigenvalue weighted by atomic mass is 32.1. The maximum atomic E-state index is 15.0. The van der Waals surface area contributed by atoms with Gasteiger partial charge in [0.25, 0.3) is 0 Å². The Hall–Kier alpha value is -4.39. The van der Waals surface area contributed by atoms with Crippen LogP contribution in [0.25, 0.3) is 22.3 Å². The number of carbonyl (C=O) groups is 3. The molecule has 15 heteroatoms. The van der Waals surface area contributed by atoms with E-state index in [1.54, 1.807) is 24.1 Å². The van der Waals surface area contributed by atoms with Crippen LogP contribution >= 0.6 is 18.7 Å². The van der Waals surface area contributed by atoms with Crippen molar-refractivity contribution in [1.82, 2.24) is 14.9 Å². The van der Waals surface area contributed by atoms with Gasteiger partial charge in [-0.05, 0) is 88.5 Å². The van der Waals surface area contributed by atoms with Gasteiger partial charge in [-0.3, -0.25) is 18.9 Å². The molecule has 2 aromatic heterocycles. The first-order valence-electron chi connectivity index (χ1n) is 22.8. The monoisotopic (exact) mass is 902 g/mol. The summed E-state index contributed by atoms with van der Waals surface area (Å²) < 4.78 is 47.8. The van der Waals surface area contributed by atoms with Crippen molar-refractivity contribution in [3.63, 3.8) is 0 Å². The van der Waals surface area contributed by atoms with E-state index in [-0.39, 0.29) is 67.3 Å². The molecule has 2 aromatic carbocycles. The number of benzene rings is 2. The zero-order valence-corrected chi connectivity index (χ0v) is 38.3. The van der Waals surface area contributed by atoms with Crippen LogP contribution in [0, 0.1) is 17.7 Å². The van der Waals surface area contributed by atoms with Gasteiger partial charge in [-0.2, -0.15) is 0 Å². The van der Waals surface area contributed by atoms with Crippen molar-refractivity contribution in [2.24, 2.45) is 11.8 Å². The largest absolute Gasteiger partial charge is 0.497 e. The number of halogens is 1. The van der Waals surface area contributed by atoms with Crippen molar-refractivity contribution in [3.8, 4) is 22.9 Å². The van der Waals surface area contributed by atoms with E-state index in [1.165, 1.54) is 23.5 Å². The Bertz CT molecular complexity index is 2350. The summed E-state index contributed by atoms with van der Waals surface area (Å²) in [6, 6.07) is 12.6. The van der Waals surface area contributed by atoms with Gasteiger partial charge in [0, 0.05) is 47.7 Å². The summed E-state index contributed by atoms with van der Waals surface area (Å²) in [6.45, 7) is 4.15. The number of nitrogens with one attached hydrogen (secondary N) is 1. The average molecular weight is 903 g/mol. The van der Waals surface area contributed by atoms with Gasteiger partial charge in [-0.15, -0.1) is 11.3 Å². The summed E-state index contributed by atoms with van der Waals surface area (Å²) in [5.74, 6) is -1.35. The van der Waals surface area contributed by atoms with Crippen molar-refractivity contribution < 1.29 is 42.4 Å². The van der Waals surface area contributed by atoms with Gasteiger partial charge in [-0.25, -0.2) is 14.4 Å². The Labute approximate surface area is 373 Å². The Morgan fingerprint density at radius 3 is 2.49 bits per heavy atom. The molecule has 2 saturated carbocycles. The first kappa shape index (κ1) is 45.2. The fourth-order valence-corrected chi connectivity index (χ4v) is 13.6. The molecule has 6 atom stereocenters. The fourth-order valence-electron chi connectivity index (χ4n) is 10.1.